The number of ether oxygens (including phenoxy) is 1. The maximum atomic E-state index is 13.6. The van der Waals surface area contributed by atoms with E-state index in [1.54, 1.807) is 37.3 Å². The Labute approximate surface area is 223 Å². The van der Waals surface area contributed by atoms with Crippen LogP contribution in [0.15, 0.2) is 51.2 Å². The van der Waals surface area contributed by atoms with Crippen molar-refractivity contribution in [2.45, 2.75) is 52.5 Å². The summed E-state index contributed by atoms with van der Waals surface area (Å²) in [6.07, 6.45) is -0.207. The Hall–Kier alpha value is -2.86. The summed E-state index contributed by atoms with van der Waals surface area (Å²) in [5.41, 5.74) is 8.12. The molecule has 0 radical (unpaired) electrons. The molecule has 0 amide bonds. The van der Waals surface area contributed by atoms with E-state index in [9.17, 15) is 18.9 Å². The highest BCUT2D eigenvalue weighted by Crippen LogP contribution is 2.49. The topological polar surface area (TPSA) is 177 Å². The van der Waals surface area contributed by atoms with E-state index in [2.05, 4.69) is 20.1 Å². The standard InChI is InChI=1S/C23H31N6O7PS/c1-15-13-29(22(32)25-20(15)30)19-12-17(26-28-24)18(36-19)14-35-37(33,27-16-8-6-5-7-9-16)34-10-11-38-21(31)23(2,3)4/h5-9,13,17-19H,10-12,14H2,1-4H3,(H,27,33)(H,25,30,32)/t17-,18+,19+,37?/m0/s1. The van der Waals surface area contributed by atoms with Gasteiger partial charge in [-0.1, -0.05) is 55.8 Å². The number of nitrogens with zero attached hydrogens (tertiary/aromatic N) is 4. The van der Waals surface area contributed by atoms with Gasteiger partial charge in [-0.25, -0.2) is 9.36 Å². The number of carbonyl (C=O) groups excluding carboxylic acids is 1. The van der Waals surface area contributed by atoms with Crippen LogP contribution in [0.3, 0.4) is 0 Å². The molecule has 13 nitrogen and oxygen atoms in total. The van der Waals surface area contributed by atoms with Crippen molar-refractivity contribution in [2.75, 3.05) is 24.1 Å². The van der Waals surface area contributed by atoms with Gasteiger partial charge < -0.3 is 4.74 Å². The molecule has 4 atom stereocenters. The van der Waals surface area contributed by atoms with E-state index in [1.165, 1.54) is 10.8 Å². The Morgan fingerprint density at radius 1 is 1.32 bits per heavy atom. The van der Waals surface area contributed by atoms with Crippen LogP contribution in [-0.2, 0) is 23.1 Å². The Kier molecular flexibility index (Phi) is 10.00. The van der Waals surface area contributed by atoms with Gasteiger partial charge in [0.25, 0.3) is 5.56 Å². The first-order valence-electron chi connectivity index (χ1n) is 11.8. The number of thioether (sulfide) groups is 1. The van der Waals surface area contributed by atoms with Gasteiger partial charge in [0.05, 0.1) is 25.4 Å². The molecule has 2 aromatic rings. The zero-order chi connectivity index (χ0) is 27.9. The van der Waals surface area contributed by atoms with Crippen LogP contribution in [-0.4, -0.2) is 45.8 Å². The van der Waals surface area contributed by atoms with Crippen LogP contribution in [0.5, 0.6) is 0 Å². The van der Waals surface area contributed by atoms with Crippen LogP contribution >= 0.6 is 19.5 Å². The minimum atomic E-state index is -3.96. The van der Waals surface area contributed by atoms with Crippen molar-refractivity contribution in [3.8, 4) is 0 Å². The molecule has 1 aromatic heterocycles. The molecule has 0 aliphatic carbocycles. The number of para-hydroxylation sites is 1. The van der Waals surface area contributed by atoms with Crippen molar-refractivity contribution in [1.29, 1.82) is 0 Å². The van der Waals surface area contributed by atoms with Crippen LogP contribution in [0.4, 0.5) is 5.69 Å². The minimum absolute atomic E-state index is 0.0248. The number of H-pyrrole nitrogens is 1. The second kappa shape index (κ2) is 12.8. The van der Waals surface area contributed by atoms with Gasteiger partial charge in [0.1, 0.15) is 6.23 Å². The first-order chi connectivity index (χ1) is 17.9. The second-order valence-electron chi connectivity index (χ2n) is 9.61. The fourth-order valence-electron chi connectivity index (χ4n) is 3.48. The summed E-state index contributed by atoms with van der Waals surface area (Å²) in [5, 5.41) is 6.50. The molecular weight excluding hydrogens is 535 g/mol. The van der Waals surface area contributed by atoms with Crippen LogP contribution in [0, 0.1) is 12.3 Å². The fourth-order valence-corrected chi connectivity index (χ4v) is 5.73. The van der Waals surface area contributed by atoms with Gasteiger partial charge in [0, 0.05) is 39.9 Å². The molecule has 3 rings (SSSR count). The Bertz CT molecular complexity index is 1340. The van der Waals surface area contributed by atoms with Crippen molar-refractivity contribution in [3.05, 3.63) is 73.4 Å². The first-order valence-corrected chi connectivity index (χ1v) is 14.4. The number of carbonyl (C=O) groups is 1. The number of aryl methyl sites for hydroxylation is 1. The first kappa shape index (κ1) is 29.7. The van der Waals surface area contributed by atoms with Gasteiger partial charge in [-0.3, -0.25) is 33.3 Å². The number of hydrogen-bond donors (Lipinski definition) is 2. The van der Waals surface area contributed by atoms with Gasteiger partial charge in [-0.15, -0.1) is 0 Å². The van der Waals surface area contributed by atoms with Gasteiger partial charge in [-0.2, -0.15) is 0 Å². The predicted octanol–water partition coefficient (Wildman–Crippen LogP) is 4.37. The molecule has 0 bridgehead atoms. The second-order valence-corrected chi connectivity index (χ2v) is 12.4. The lowest BCUT2D eigenvalue weighted by molar-refractivity contribution is -0.117. The molecule has 2 N–H and O–H groups in total. The Morgan fingerprint density at radius 2 is 2.03 bits per heavy atom. The van der Waals surface area contributed by atoms with Crippen molar-refractivity contribution in [3.63, 3.8) is 0 Å². The van der Waals surface area contributed by atoms with Crippen LogP contribution in [0.2, 0.25) is 0 Å². The number of aromatic nitrogens is 2. The molecule has 206 valence electrons. The highest BCUT2D eigenvalue weighted by molar-refractivity contribution is 8.13. The van der Waals surface area contributed by atoms with E-state index < -0.39 is 42.8 Å². The summed E-state index contributed by atoms with van der Waals surface area (Å²) in [7, 11) is -3.96. The van der Waals surface area contributed by atoms with Gasteiger partial charge >= 0.3 is 13.4 Å². The molecule has 1 aliphatic heterocycles. The zero-order valence-corrected chi connectivity index (χ0v) is 23.2. The SMILES string of the molecule is Cc1cn([C@H]2C[C@H](N=[N+]=[N-])[C@@H](COP(=O)(Nc3ccccc3)OCCSC(=O)C(C)(C)C)O2)c(=O)[nH]c1=O. The van der Waals surface area contributed by atoms with Crippen LogP contribution in [0.25, 0.3) is 10.4 Å². The average molecular weight is 567 g/mol. The minimum Gasteiger partial charge on any atom is -0.352 e. The third-order valence-corrected chi connectivity index (χ3v) is 8.29. The molecule has 15 heteroatoms. The number of aromatic amines is 1. The molecule has 0 saturated carbocycles. The molecular formula is C23H31N6O7PS. The molecule has 1 aliphatic rings. The zero-order valence-electron chi connectivity index (χ0n) is 21.5. The van der Waals surface area contributed by atoms with Gasteiger partial charge in [0.2, 0.25) is 0 Å². The smallest absolute Gasteiger partial charge is 0.352 e. The van der Waals surface area contributed by atoms with E-state index >= 15 is 0 Å². The number of nitrogens with one attached hydrogen (secondary N) is 2. The molecule has 2 heterocycles. The molecule has 0 spiro atoms. The van der Waals surface area contributed by atoms with Crippen LogP contribution in [0.1, 0.15) is 39.0 Å². The average Bonchev–Trinajstić information content (AvgIpc) is 3.25. The quantitative estimate of drug-likeness (QED) is 0.131. The van der Waals surface area contributed by atoms with Crippen molar-refractivity contribution in [1.82, 2.24) is 9.55 Å². The van der Waals surface area contributed by atoms with Gasteiger partial charge in [0.15, 0.2) is 5.12 Å². The van der Waals surface area contributed by atoms with Crippen molar-refractivity contribution >= 4 is 30.3 Å². The number of anilines is 1. The van der Waals surface area contributed by atoms with E-state index in [0.717, 1.165) is 11.8 Å². The summed E-state index contributed by atoms with van der Waals surface area (Å²) in [6, 6.07) is 7.92. The summed E-state index contributed by atoms with van der Waals surface area (Å²) < 4.78 is 32.1. The highest BCUT2D eigenvalue weighted by atomic mass is 32.2. The summed E-state index contributed by atoms with van der Waals surface area (Å²) >= 11 is 1.08. The highest BCUT2D eigenvalue weighted by Gasteiger charge is 2.38. The lowest BCUT2D eigenvalue weighted by Crippen LogP contribution is -2.33. The Balaban J connectivity index is 1.72. The molecule has 1 fully saturated rings. The van der Waals surface area contributed by atoms with Gasteiger partial charge in [-0.05, 0) is 24.6 Å². The van der Waals surface area contributed by atoms with E-state index in [4.69, 9.17) is 19.3 Å². The van der Waals surface area contributed by atoms with E-state index in [0.29, 0.717) is 11.3 Å². The molecule has 1 saturated heterocycles. The summed E-state index contributed by atoms with van der Waals surface area (Å²) in [5.74, 6) is 0.262. The number of hydrogen-bond acceptors (Lipinski definition) is 9. The maximum Gasteiger partial charge on any atom is 0.432 e. The fraction of sp³-hybridized carbons (Fsp3) is 0.522. The number of rotatable bonds is 11. The maximum absolute atomic E-state index is 13.6. The van der Waals surface area contributed by atoms with Crippen molar-refractivity contribution in [2.24, 2.45) is 10.5 Å². The largest absolute Gasteiger partial charge is 0.432 e. The normalized spacial score (nSPS) is 20.9. The van der Waals surface area contributed by atoms with E-state index in [1.807, 2.05) is 20.8 Å². The lowest BCUT2D eigenvalue weighted by atomic mass is 10.00. The lowest BCUT2D eigenvalue weighted by Gasteiger charge is -2.23. The molecule has 1 unspecified atom stereocenters. The third kappa shape index (κ3) is 8.07. The number of azide groups is 1. The number of benzene rings is 1. The van der Waals surface area contributed by atoms with Crippen LogP contribution < -0.4 is 16.3 Å². The monoisotopic (exact) mass is 566 g/mol. The predicted molar refractivity (Wildman–Crippen MR) is 144 cm³/mol. The third-order valence-electron chi connectivity index (χ3n) is 5.50. The molecule has 1 aromatic carbocycles. The van der Waals surface area contributed by atoms with E-state index in [-0.39, 0.29) is 30.5 Å². The van der Waals surface area contributed by atoms with Crippen molar-refractivity contribution < 1.29 is 23.1 Å². The molecule has 38 heavy (non-hydrogen) atoms. The Morgan fingerprint density at radius 3 is 2.68 bits per heavy atom. The summed E-state index contributed by atoms with van der Waals surface area (Å²) in [6.45, 7) is 6.65. The summed E-state index contributed by atoms with van der Waals surface area (Å²) in [4.78, 5) is 41.3.